The lowest BCUT2D eigenvalue weighted by atomic mass is 10.0. The Labute approximate surface area is 91.5 Å². The number of aromatic carboxylic acids is 1. The summed E-state index contributed by atoms with van der Waals surface area (Å²) in [4.78, 5) is 25.6. The molecule has 0 bridgehead atoms. The number of rotatable bonds is 1. The van der Waals surface area contributed by atoms with Crippen molar-refractivity contribution in [3.63, 3.8) is 0 Å². The van der Waals surface area contributed by atoms with Gasteiger partial charge in [-0.15, -0.1) is 0 Å². The zero-order chi connectivity index (χ0) is 11.9. The molecule has 0 aliphatic rings. The van der Waals surface area contributed by atoms with Crippen LogP contribution in [0.25, 0.3) is 10.9 Å². The Balaban J connectivity index is 2.95. The average molecular weight is 217 g/mol. The van der Waals surface area contributed by atoms with E-state index < -0.39 is 11.4 Å². The van der Waals surface area contributed by atoms with Gasteiger partial charge in [0, 0.05) is 17.1 Å². The zero-order valence-corrected chi connectivity index (χ0v) is 9.00. The van der Waals surface area contributed by atoms with Gasteiger partial charge < -0.3 is 10.1 Å². The van der Waals surface area contributed by atoms with Crippen LogP contribution < -0.4 is 5.43 Å². The van der Waals surface area contributed by atoms with E-state index in [1.807, 2.05) is 19.1 Å². The van der Waals surface area contributed by atoms with E-state index in [1.165, 1.54) is 6.20 Å². The van der Waals surface area contributed by atoms with Crippen molar-refractivity contribution in [3.05, 3.63) is 45.2 Å². The fourth-order valence-corrected chi connectivity index (χ4v) is 1.89. The number of carbonyl (C=O) groups is 1. The predicted molar refractivity (Wildman–Crippen MR) is 61.0 cm³/mol. The van der Waals surface area contributed by atoms with Gasteiger partial charge in [-0.3, -0.25) is 4.79 Å². The van der Waals surface area contributed by atoms with Crippen LogP contribution in [0.4, 0.5) is 0 Å². The van der Waals surface area contributed by atoms with Crippen LogP contribution in [-0.2, 0) is 0 Å². The van der Waals surface area contributed by atoms with Gasteiger partial charge in [0.05, 0.1) is 0 Å². The van der Waals surface area contributed by atoms with Gasteiger partial charge in [0.1, 0.15) is 5.56 Å². The summed E-state index contributed by atoms with van der Waals surface area (Å²) in [6.07, 6.45) is 1.24. The summed E-state index contributed by atoms with van der Waals surface area (Å²) in [5.74, 6) is -1.21. The van der Waals surface area contributed by atoms with Crippen molar-refractivity contribution >= 4 is 16.9 Å². The molecule has 4 nitrogen and oxygen atoms in total. The van der Waals surface area contributed by atoms with Crippen LogP contribution in [0.5, 0.6) is 0 Å². The third-order valence-electron chi connectivity index (χ3n) is 2.55. The Morgan fingerprint density at radius 1 is 1.31 bits per heavy atom. The number of aryl methyl sites for hydroxylation is 2. The molecule has 0 fully saturated rings. The average Bonchev–Trinajstić information content (AvgIpc) is 2.15. The van der Waals surface area contributed by atoms with Crippen LogP contribution in [0.3, 0.4) is 0 Å². The molecule has 1 aromatic heterocycles. The molecule has 2 rings (SSSR count). The normalized spacial score (nSPS) is 10.6. The van der Waals surface area contributed by atoms with Crippen molar-refractivity contribution < 1.29 is 9.90 Å². The second-order valence-corrected chi connectivity index (χ2v) is 3.84. The topological polar surface area (TPSA) is 70.2 Å². The number of nitrogens with one attached hydrogen (secondary N) is 1. The summed E-state index contributed by atoms with van der Waals surface area (Å²) in [5, 5.41) is 9.30. The molecule has 0 atom stereocenters. The minimum absolute atomic E-state index is 0.223. The summed E-state index contributed by atoms with van der Waals surface area (Å²) in [7, 11) is 0. The second-order valence-electron chi connectivity index (χ2n) is 3.84. The van der Waals surface area contributed by atoms with E-state index in [2.05, 4.69) is 4.98 Å². The van der Waals surface area contributed by atoms with Crippen LogP contribution in [-0.4, -0.2) is 16.1 Å². The van der Waals surface area contributed by atoms with Gasteiger partial charge in [-0.25, -0.2) is 4.79 Å². The van der Waals surface area contributed by atoms with Gasteiger partial charge in [-0.1, -0.05) is 6.07 Å². The highest BCUT2D eigenvalue weighted by Gasteiger charge is 2.12. The van der Waals surface area contributed by atoms with Gasteiger partial charge in [0.2, 0.25) is 5.43 Å². The number of hydrogen-bond donors (Lipinski definition) is 2. The third kappa shape index (κ3) is 1.48. The fourth-order valence-electron chi connectivity index (χ4n) is 1.89. The number of pyridine rings is 1. The Morgan fingerprint density at radius 2 is 2.00 bits per heavy atom. The first-order valence-electron chi connectivity index (χ1n) is 4.86. The van der Waals surface area contributed by atoms with E-state index in [0.29, 0.717) is 10.9 Å². The molecule has 1 heterocycles. The van der Waals surface area contributed by atoms with Gasteiger partial charge in [-0.2, -0.15) is 0 Å². The molecule has 0 spiro atoms. The third-order valence-corrected chi connectivity index (χ3v) is 2.55. The molecule has 0 aliphatic carbocycles. The van der Waals surface area contributed by atoms with Crippen molar-refractivity contribution in [2.45, 2.75) is 13.8 Å². The molecule has 0 aliphatic heterocycles. The van der Waals surface area contributed by atoms with E-state index >= 15 is 0 Å². The van der Waals surface area contributed by atoms with Crippen LogP contribution in [0.15, 0.2) is 23.1 Å². The van der Waals surface area contributed by atoms with E-state index in [1.54, 1.807) is 6.92 Å². The predicted octanol–water partition coefficient (Wildman–Crippen LogP) is 1.84. The van der Waals surface area contributed by atoms with Gasteiger partial charge >= 0.3 is 5.97 Å². The van der Waals surface area contributed by atoms with Gasteiger partial charge in [0.15, 0.2) is 0 Å². The number of aromatic amines is 1. The van der Waals surface area contributed by atoms with Crippen LogP contribution >= 0.6 is 0 Å². The minimum atomic E-state index is -1.21. The highest BCUT2D eigenvalue weighted by Crippen LogP contribution is 2.15. The largest absolute Gasteiger partial charge is 0.477 e. The maximum absolute atomic E-state index is 11.9. The van der Waals surface area contributed by atoms with Crippen LogP contribution in [0.2, 0.25) is 0 Å². The summed E-state index contributed by atoms with van der Waals surface area (Å²) < 4.78 is 0. The maximum atomic E-state index is 11.9. The summed E-state index contributed by atoms with van der Waals surface area (Å²) in [5.41, 5.74) is 1.84. The highest BCUT2D eigenvalue weighted by atomic mass is 16.4. The Morgan fingerprint density at radius 3 is 2.62 bits per heavy atom. The molecule has 82 valence electrons. The minimum Gasteiger partial charge on any atom is -0.477 e. The Kier molecular flexibility index (Phi) is 2.27. The Hall–Kier alpha value is -2.10. The number of aromatic nitrogens is 1. The highest BCUT2D eigenvalue weighted by molar-refractivity contribution is 5.93. The van der Waals surface area contributed by atoms with Crippen molar-refractivity contribution in [2.24, 2.45) is 0 Å². The van der Waals surface area contributed by atoms with Gasteiger partial charge in [-0.05, 0) is 31.0 Å². The standard InChI is InChI=1S/C12H11NO3/c1-6-3-7(2)10-9(4-6)13-5-8(11(10)14)12(15)16/h3-5H,1-2H3,(H,13,14)(H,15,16). The van der Waals surface area contributed by atoms with Crippen LogP contribution in [0, 0.1) is 13.8 Å². The summed E-state index contributed by atoms with van der Waals surface area (Å²) in [6, 6.07) is 3.69. The molecule has 1 aromatic carbocycles. The lowest BCUT2D eigenvalue weighted by Crippen LogP contribution is -2.16. The number of benzene rings is 1. The first kappa shape index (κ1) is 10.4. The quantitative estimate of drug-likeness (QED) is 0.765. The van der Waals surface area contributed by atoms with E-state index in [0.717, 1.165) is 11.1 Å². The zero-order valence-electron chi connectivity index (χ0n) is 9.00. The SMILES string of the molecule is Cc1cc(C)c2c(=O)c(C(=O)O)c[nH]c2c1. The summed E-state index contributed by atoms with van der Waals surface area (Å²) >= 11 is 0. The molecule has 2 aromatic rings. The molecule has 0 radical (unpaired) electrons. The first-order chi connectivity index (χ1) is 7.50. The molecular formula is C12H11NO3. The fraction of sp³-hybridized carbons (Fsp3) is 0.167. The number of hydrogen-bond acceptors (Lipinski definition) is 2. The molecule has 0 saturated carbocycles. The molecule has 2 N–H and O–H groups in total. The van der Waals surface area contributed by atoms with Crippen molar-refractivity contribution in [2.75, 3.05) is 0 Å². The number of H-pyrrole nitrogens is 1. The van der Waals surface area contributed by atoms with E-state index in [4.69, 9.17) is 5.11 Å². The number of fused-ring (bicyclic) bond motifs is 1. The lowest BCUT2D eigenvalue weighted by molar-refractivity contribution is 0.0695. The van der Waals surface area contributed by atoms with Crippen molar-refractivity contribution in [3.8, 4) is 0 Å². The molecular weight excluding hydrogens is 206 g/mol. The number of carboxylic acids is 1. The van der Waals surface area contributed by atoms with Crippen LogP contribution in [0.1, 0.15) is 21.5 Å². The maximum Gasteiger partial charge on any atom is 0.341 e. The van der Waals surface area contributed by atoms with Crippen molar-refractivity contribution in [1.82, 2.24) is 4.98 Å². The van der Waals surface area contributed by atoms with E-state index in [9.17, 15) is 9.59 Å². The first-order valence-corrected chi connectivity index (χ1v) is 4.86. The van der Waals surface area contributed by atoms with Crippen molar-refractivity contribution in [1.29, 1.82) is 0 Å². The monoisotopic (exact) mass is 217 g/mol. The molecule has 0 amide bonds. The molecule has 0 saturated heterocycles. The smallest absolute Gasteiger partial charge is 0.341 e. The lowest BCUT2D eigenvalue weighted by Gasteiger charge is -2.04. The summed E-state index contributed by atoms with van der Waals surface area (Å²) in [6.45, 7) is 3.73. The Bertz CT molecular complexity index is 640. The van der Waals surface area contributed by atoms with E-state index in [-0.39, 0.29) is 5.56 Å². The molecule has 16 heavy (non-hydrogen) atoms. The van der Waals surface area contributed by atoms with Gasteiger partial charge in [0.25, 0.3) is 0 Å². The number of carboxylic acid groups (broad SMARTS) is 1. The molecule has 0 unspecified atom stereocenters. The molecule has 4 heteroatoms. The second kappa shape index (κ2) is 3.48.